The van der Waals surface area contributed by atoms with Crippen LogP contribution in [-0.2, 0) is 0 Å². The molecule has 0 radical (unpaired) electrons. The fourth-order valence-corrected chi connectivity index (χ4v) is 1.96. The van der Waals surface area contributed by atoms with E-state index in [1.807, 2.05) is 6.92 Å². The molecular weight excluding hydrogens is 269 g/mol. The number of aliphatic hydroxyl groups excluding tert-OH is 1. The van der Waals surface area contributed by atoms with Crippen LogP contribution in [0.1, 0.15) is 22.8 Å². The molecule has 0 fully saturated rings. The van der Waals surface area contributed by atoms with Crippen molar-refractivity contribution in [2.75, 3.05) is 7.11 Å². The molecule has 5 heteroatoms. The molecular formula is C15H13F3O2. The minimum atomic E-state index is -1.60. The molecule has 2 nitrogen and oxygen atoms in total. The van der Waals surface area contributed by atoms with Gasteiger partial charge in [0.2, 0.25) is 0 Å². The highest BCUT2D eigenvalue weighted by molar-refractivity contribution is 5.43. The van der Waals surface area contributed by atoms with Gasteiger partial charge in [-0.15, -0.1) is 0 Å². The maximum atomic E-state index is 13.7. The Balaban J connectivity index is 2.52. The molecule has 1 unspecified atom stereocenters. The second-order valence-electron chi connectivity index (χ2n) is 4.41. The van der Waals surface area contributed by atoms with E-state index in [9.17, 15) is 18.3 Å². The first-order valence-electron chi connectivity index (χ1n) is 5.91. The van der Waals surface area contributed by atoms with Gasteiger partial charge in [0, 0.05) is 11.1 Å². The summed E-state index contributed by atoms with van der Waals surface area (Å²) < 4.78 is 44.9. The maximum Gasteiger partial charge on any atom is 0.194 e. The van der Waals surface area contributed by atoms with Crippen LogP contribution in [0, 0.1) is 24.4 Å². The molecule has 1 N–H and O–H groups in total. The number of rotatable bonds is 3. The molecule has 0 heterocycles. The number of ether oxygens (including phenoxy) is 1. The molecule has 0 amide bonds. The molecule has 0 spiro atoms. The van der Waals surface area contributed by atoms with Crippen molar-refractivity contribution >= 4 is 0 Å². The van der Waals surface area contributed by atoms with Gasteiger partial charge in [-0.2, -0.15) is 0 Å². The van der Waals surface area contributed by atoms with Gasteiger partial charge in [-0.3, -0.25) is 0 Å². The molecule has 106 valence electrons. The highest BCUT2D eigenvalue weighted by Crippen LogP contribution is 2.32. The lowest BCUT2D eigenvalue weighted by Crippen LogP contribution is -2.07. The van der Waals surface area contributed by atoms with Gasteiger partial charge in [0.05, 0.1) is 7.11 Å². The van der Waals surface area contributed by atoms with Crippen molar-refractivity contribution < 1.29 is 23.0 Å². The third-order valence-electron chi connectivity index (χ3n) is 3.04. The van der Waals surface area contributed by atoms with Crippen molar-refractivity contribution in [1.82, 2.24) is 0 Å². The lowest BCUT2D eigenvalue weighted by atomic mass is 9.98. The summed E-state index contributed by atoms with van der Waals surface area (Å²) in [6.45, 7) is 1.83. The van der Waals surface area contributed by atoms with Gasteiger partial charge in [-0.25, -0.2) is 13.2 Å². The Hall–Kier alpha value is -2.01. The molecule has 0 aliphatic heterocycles. The summed E-state index contributed by atoms with van der Waals surface area (Å²) in [5.41, 5.74) is 0.831. The number of halogens is 3. The van der Waals surface area contributed by atoms with Gasteiger partial charge in [-0.1, -0.05) is 18.2 Å². The topological polar surface area (TPSA) is 29.5 Å². The molecule has 2 aromatic carbocycles. The zero-order chi connectivity index (χ0) is 14.9. The van der Waals surface area contributed by atoms with Gasteiger partial charge < -0.3 is 9.84 Å². The van der Waals surface area contributed by atoms with E-state index >= 15 is 0 Å². The Morgan fingerprint density at radius 2 is 1.65 bits per heavy atom. The van der Waals surface area contributed by atoms with Crippen LogP contribution in [0.2, 0.25) is 0 Å². The summed E-state index contributed by atoms with van der Waals surface area (Å²) in [5, 5.41) is 10.2. The number of aliphatic hydroxyl groups is 1. The molecule has 2 rings (SSSR count). The summed E-state index contributed by atoms with van der Waals surface area (Å²) in [4.78, 5) is 0. The number of methoxy groups -OCH3 is 1. The van der Waals surface area contributed by atoms with Crippen molar-refractivity contribution in [2.45, 2.75) is 13.0 Å². The zero-order valence-corrected chi connectivity index (χ0v) is 11.0. The molecule has 0 aromatic heterocycles. The van der Waals surface area contributed by atoms with Crippen molar-refractivity contribution in [3.63, 3.8) is 0 Å². The van der Waals surface area contributed by atoms with Crippen LogP contribution in [0.5, 0.6) is 5.75 Å². The maximum absolute atomic E-state index is 13.7. The predicted molar refractivity (Wildman–Crippen MR) is 68.1 cm³/mol. The summed E-state index contributed by atoms with van der Waals surface area (Å²) in [6, 6.07) is 6.71. The Kier molecular flexibility index (Phi) is 3.99. The molecule has 20 heavy (non-hydrogen) atoms. The third kappa shape index (κ3) is 2.49. The van der Waals surface area contributed by atoms with Crippen LogP contribution in [0.4, 0.5) is 13.2 Å². The first-order chi connectivity index (χ1) is 9.45. The molecule has 0 aliphatic rings. The lowest BCUT2D eigenvalue weighted by Gasteiger charge is -2.16. The molecule has 0 bridgehead atoms. The number of hydrogen-bond acceptors (Lipinski definition) is 2. The standard InChI is InChI=1S/C15H13F3O2/c1-8-3-4-9(12(7-8)20-2)15(19)10-5-6-11(16)14(18)13(10)17/h3-7,15,19H,1-2H3. The fraction of sp³-hybridized carbons (Fsp3) is 0.200. The van der Waals surface area contributed by atoms with Crippen LogP contribution in [0.25, 0.3) is 0 Å². The van der Waals surface area contributed by atoms with E-state index in [0.29, 0.717) is 5.75 Å². The molecule has 0 aliphatic carbocycles. The lowest BCUT2D eigenvalue weighted by molar-refractivity contribution is 0.207. The number of aryl methyl sites for hydroxylation is 1. The third-order valence-corrected chi connectivity index (χ3v) is 3.04. The minimum Gasteiger partial charge on any atom is -0.496 e. The molecule has 2 aromatic rings. The van der Waals surface area contributed by atoms with Crippen molar-refractivity contribution in [3.8, 4) is 5.75 Å². The first kappa shape index (κ1) is 14.4. The monoisotopic (exact) mass is 282 g/mol. The van der Waals surface area contributed by atoms with Gasteiger partial charge >= 0.3 is 0 Å². The Bertz CT molecular complexity index is 641. The summed E-state index contributed by atoms with van der Waals surface area (Å²) in [5.74, 6) is -3.95. The smallest absolute Gasteiger partial charge is 0.194 e. The number of hydrogen-bond donors (Lipinski definition) is 1. The largest absolute Gasteiger partial charge is 0.496 e. The van der Waals surface area contributed by atoms with E-state index in [1.54, 1.807) is 18.2 Å². The van der Waals surface area contributed by atoms with Crippen LogP contribution in [0.15, 0.2) is 30.3 Å². The fourth-order valence-electron chi connectivity index (χ4n) is 1.96. The van der Waals surface area contributed by atoms with Crippen LogP contribution in [-0.4, -0.2) is 12.2 Å². The van der Waals surface area contributed by atoms with E-state index in [-0.39, 0.29) is 11.1 Å². The molecule has 0 saturated heterocycles. The van der Waals surface area contributed by atoms with E-state index in [2.05, 4.69) is 0 Å². The summed E-state index contributed by atoms with van der Waals surface area (Å²) in [7, 11) is 1.41. The SMILES string of the molecule is COc1cc(C)ccc1C(O)c1ccc(F)c(F)c1F. The second kappa shape index (κ2) is 5.54. The summed E-state index contributed by atoms with van der Waals surface area (Å²) in [6.07, 6.45) is -1.44. The van der Waals surface area contributed by atoms with Crippen LogP contribution < -0.4 is 4.74 Å². The summed E-state index contributed by atoms with van der Waals surface area (Å²) >= 11 is 0. The quantitative estimate of drug-likeness (QED) is 0.873. The average Bonchev–Trinajstić information content (AvgIpc) is 2.44. The Morgan fingerprint density at radius 1 is 1.00 bits per heavy atom. The van der Waals surface area contributed by atoms with E-state index < -0.39 is 23.6 Å². The van der Waals surface area contributed by atoms with Gasteiger partial charge in [0.25, 0.3) is 0 Å². The second-order valence-corrected chi connectivity index (χ2v) is 4.41. The first-order valence-corrected chi connectivity index (χ1v) is 5.91. The van der Waals surface area contributed by atoms with Gasteiger partial charge in [-0.05, 0) is 24.6 Å². The highest BCUT2D eigenvalue weighted by Gasteiger charge is 2.22. The van der Waals surface area contributed by atoms with Gasteiger partial charge in [0.1, 0.15) is 11.9 Å². The number of benzene rings is 2. The van der Waals surface area contributed by atoms with Crippen molar-refractivity contribution in [1.29, 1.82) is 0 Å². The molecule has 0 saturated carbocycles. The van der Waals surface area contributed by atoms with Crippen LogP contribution >= 0.6 is 0 Å². The van der Waals surface area contributed by atoms with E-state index in [0.717, 1.165) is 17.7 Å². The van der Waals surface area contributed by atoms with Crippen molar-refractivity contribution in [3.05, 3.63) is 64.5 Å². The minimum absolute atomic E-state index is 0.281. The van der Waals surface area contributed by atoms with Crippen LogP contribution in [0.3, 0.4) is 0 Å². The van der Waals surface area contributed by atoms with E-state index in [4.69, 9.17) is 4.74 Å². The Morgan fingerprint density at radius 3 is 2.30 bits per heavy atom. The van der Waals surface area contributed by atoms with E-state index in [1.165, 1.54) is 7.11 Å². The predicted octanol–water partition coefficient (Wildman–Crippen LogP) is 3.50. The normalized spacial score (nSPS) is 12.3. The van der Waals surface area contributed by atoms with Gasteiger partial charge in [0.15, 0.2) is 17.5 Å². The Labute approximate surface area is 114 Å². The zero-order valence-electron chi connectivity index (χ0n) is 11.0. The highest BCUT2D eigenvalue weighted by atomic mass is 19.2. The van der Waals surface area contributed by atoms with Crippen molar-refractivity contribution in [2.24, 2.45) is 0 Å². The average molecular weight is 282 g/mol. The molecule has 1 atom stereocenters.